The average molecular weight is 535 g/mol. The fourth-order valence-electron chi connectivity index (χ4n) is 3.88. The molecule has 1 atom stereocenters. The quantitative estimate of drug-likeness (QED) is 0.290. The van der Waals surface area contributed by atoms with Gasteiger partial charge in [-0.1, -0.05) is 42.5 Å². The van der Waals surface area contributed by atoms with Gasteiger partial charge in [-0.2, -0.15) is 0 Å². The summed E-state index contributed by atoms with van der Waals surface area (Å²) in [6, 6.07) is 18.8. The van der Waals surface area contributed by atoms with Crippen LogP contribution in [-0.4, -0.2) is 56.5 Å². The molecule has 0 aliphatic carbocycles. The Balaban J connectivity index is 0.00000341. The molecule has 0 radical (unpaired) electrons. The number of nitrogens with one attached hydrogen (secondary N) is 3. The van der Waals surface area contributed by atoms with E-state index in [-0.39, 0.29) is 29.9 Å². The van der Waals surface area contributed by atoms with Gasteiger partial charge >= 0.3 is 0 Å². The van der Waals surface area contributed by atoms with Crippen molar-refractivity contribution in [2.24, 2.45) is 4.99 Å². The minimum Gasteiger partial charge on any atom is -0.356 e. The van der Waals surface area contributed by atoms with Gasteiger partial charge in [0.05, 0.1) is 0 Å². The number of hydrogen-bond acceptors (Lipinski definition) is 3. The van der Waals surface area contributed by atoms with Crippen LogP contribution in [0.1, 0.15) is 34.3 Å². The van der Waals surface area contributed by atoms with Gasteiger partial charge in [0.2, 0.25) is 0 Å². The van der Waals surface area contributed by atoms with E-state index in [0.29, 0.717) is 11.6 Å². The van der Waals surface area contributed by atoms with Crippen LogP contribution >= 0.6 is 24.0 Å². The third-order valence-electron chi connectivity index (χ3n) is 5.44. The molecule has 1 heterocycles. The van der Waals surface area contributed by atoms with Crippen molar-refractivity contribution in [2.45, 2.75) is 31.8 Å². The molecule has 2 aromatic carbocycles. The summed E-state index contributed by atoms with van der Waals surface area (Å²) in [4.78, 5) is 18.7. The molecule has 1 saturated heterocycles. The summed E-state index contributed by atoms with van der Waals surface area (Å²) in [5.41, 5.74) is 3.18. The Bertz CT molecular complexity index is 843. The molecule has 168 valence electrons. The zero-order chi connectivity index (χ0) is 21.2. The zero-order valence-electron chi connectivity index (χ0n) is 18.4. The number of halogens is 1. The Kier molecular flexibility index (Phi) is 10.8. The standard InChI is InChI=1S/C24H33N5O.HI/c1-25-23(30)21-11-6-10-19(16-21)13-14-27-24(26-2)28-22-12-7-15-29(18-22)17-20-8-4-3-5-9-20;/h3-6,8-11,16,22H,7,12-15,17-18H2,1-2H3,(H,25,30)(H2,26,27,28);1H. The van der Waals surface area contributed by atoms with Gasteiger partial charge in [0.15, 0.2) is 5.96 Å². The highest BCUT2D eigenvalue weighted by molar-refractivity contribution is 14.0. The highest BCUT2D eigenvalue weighted by Gasteiger charge is 2.20. The monoisotopic (exact) mass is 535 g/mol. The van der Waals surface area contributed by atoms with Crippen molar-refractivity contribution in [1.29, 1.82) is 0 Å². The molecule has 0 spiro atoms. The first-order valence-electron chi connectivity index (χ1n) is 10.7. The molecular formula is C24H34IN5O. The second-order valence-corrected chi connectivity index (χ2v) is 7.73. The van der Waals surface area contributed by atoms with E-state index in [1.165, 1.54) is 12.0 Å². The number of benzene rings is 2. The number of carbonyl (C=O) groups excluding carboxylic acids is 1. The van der Waals surface area contributed by atoms with E-state index in [1.54, 1.807) is 7.05 Å². The van der Waals surface area contributed by atoms with Crippen molar-refractivity contribution in [3.8, 4) is 0 Å². The molecule has 1 amide bonds. The highest BCUT2D eigenvalue weighted by Crippen LogP contribution is 2.13. The van der Waals surface area contributed by atoms with Gasteiger partial charge < -0.3 is 16.0 Å². The van der Waals surface area contributed by atoms with Crippen LogP contribution < -0.4 is 16.0 Å². The second-order valence-electron chi connectivity index (χ2n) is 7.73. The lowest BCUT2D eigenvalue weighted by atomic mass is 10.0. The van der Waals surface area contributed by atoms with Crippen molar-refractivity contribution in [1.82, 2.24) is 20.9 Å². The van der Waals surface area contributed by atoms with Crippen molar-refractivity contribution >= 4 is 35.8 Å². The number of aliphatic imine (C=N–C) groups is 1. The maximum absolute atomic E-state index is 11.8. The van der Waals surface area contributed by atoms with Gasteiger partial charge in [-0.3, -0.25) is 14.7 Å². The topological polar surface area (TPSA) is 68.8 Å². The Morgan fingerprint density at radius 3 is 2.65 bits per heavy atom. The lowest BCUT2D eigenvalue weighted by Crippen LogP contribution is -2.51. The van der Waals surface area contributed by atoms with E-state index < -0.39 is 0 Å². The normalized spacial score (nSPS) is 16.8. The summed E-state index contributed by atoms with van der Waals surface area (Å²) in [6.45, 7) is 3.91. The summed E-state index contributed by atoms with van der Waals surface area (Å²) in [5, 5.41) is 9.66. The van der Waals surface area contributed by atoms with Crippen LogP contribution in [0.2, 0.25) is 0 Å². The first-order valence-corrected chi connectivity index (χ1v) is 10.7. The Morgan fingerprint density at radius 1 is 1.13 bits per heavy atom. The predicted octanol–water partition coefficient (Wildman–Crippen LogP) is 3.04. The number of hydrogen-bond donors (Lipinski definition) is 3. The summed E-state index contributed by atoms with van der Waals surface area (Å²) >= 11 is 0. The number of guanidine groups is 1. The van der Waals surface area contributed by atoms with Gasteiger partial charge in [0, 0.05) is 45.3 Å². The SMILES string of the molecule is CN=C(NCCc1cccc(C(=O)NC)c1)NC1CCCN(Cc2ccccc2)C1.I. The van der Waals surface area contributed by atoms with E-state index in [9.17, 15) is 4.79 Å². The molecule has 31 heavy (non-hydrogen) atoms. The second kappa shape index (κ2) is 13.3. The first kappa shape index (κ1) is 25.1. The third kappa shape index (κ3) is 8.14. The number of amides is 1. The van der Waals surface area contributed by atoms with E-state index in [1.807, 2.05) is 31.3 Å². The van der Waals surface area contributed by atoms with Gasteiger partial charge in [-0.25, -0.2) is 0 Å². The molecule has 3 N–H and O–H groups in total. The highest BCUT2D eigenvalue weighted by atomic mass is 127. The number of piperidine rings is 1. The van der Waals surface area contributed by atoms with Crippen LogP contribution in [-0.2, 0) is 13.0 Å². The van der Waals surface area contributed by atoms with Crippen molar-refractivity contribution in [3.63, 3.8) is 0 Å². The van der Waals surface area contributed by atoms with E-state index in [2.05, 4.69) is 56.2 Å². The molecule has 7 heteroatoms. The minimum atomic E-state index is -0.0559. The molecule has 1 unspecified atom stereocenters. The fourth-order valence-corrected chi connectivity index (χ4v) is 3.88. The number of carbonyl (C=O) groups is 1. The Labute approximate surface area is 202 Å². The summed E-state index contributed by atoms with van der Waals surface area (Å²) in [7, 11) is 3.46. The fraction of sp³-hybridized carbons (Fsp3) is 0.417. The molecule has 2 aromatic rings. The third-order valence-corrected chi connectivity index (χ3v) is 5.44. The maximum Gasteiger partial charge on any atom is 0.251 e. The number of rotatable bonds is 7. The largest absolute Gasteiger partial charge is 0.356 e. The van der Waals surface area contributed by atoms with E-state index in [0.717, 1.165) is 50.5 Å². The molecular weight excluding hydrogens is 501 g/mol. The molecule has 0 bridgehead atoms. The van der Waals surface area contributed by atoms with Gasteiger partial charge in [0.1, 0.15) is 0 Å². The molecule has 1 aliphatic heterocycles. The van der Waals surface area contributed by atoms with Crippen LogP contribution in [0.5, 0.6) is 0 Å². The van der Waals surface area contributed by atoms with Crippen molar-refractivity contribution in [3.05, 3.63) is 71.3 Å². The smallest absolute Gasteiger partial charge is 0.251 e. The van der Waals surface area contributed by atoms with Crippen LogP contribution in [0.25, 0.3) is 0 Å². The average Bonchev–Trinajstić information content (AvgIpc) is 2.79. The maximum atomic E-state index is 11.8. The number of nitrogens with zero attached hydrogens (tertiary/aromatic N) is 2. The van der Waals surface area contributed by atoms with Gasteiger partial charge in [-0.05, 0) is 49.1 Å². The minimum absolute atomic E-state index is 0. The predicted molar refractivity (Wildman–Crippen MR) is 138 cm³/mol. The van der Waals surface area contributed by atoms with Gasteiger partial charge in [-0.15, -0.1) is 24.0 Å². The lowest BCUT2D eigenvalue weighted by molar-refractivity contribution is 0.0963. The van der Waals surface area contributed by atoms with Crippen molar-refractivity contribution < 1.29 is 4.79 Å². The van der Waals surface area contributed by atoms with E-state index >= 15 is 0 Å². The molecule has 1 fully saturated rings. The van der Waals surface area contributed by atoms with Crippen LogP contribution in [0.3, 0.4) is 0 Å². The summed E-state index contributed by atoms with van der Waals surface area (Å²) in [5.74, 6) is 0.781. The summed E-state index contributed by atoms with van der Waals surface area (Å²) < 4.78 is 0. The summed E-state index contributed by atoms with van der Waals surface area (Å²) in [6.07, 6.45) is 3.17. The Hall–Kier alpha value is -2.13. The van der Waals surface area contributed by atoms with Crippen LogP contribution in [0.4, 0.5) is 0 Å². The van der Waals surface area contributed by atoms with Gasteiger partial charge in [0.25, 0.3) is 5.91 Å². The molecule has 1 aliphatic rings. The lowest BCUT2D eigenvalue weighted by Gasteiger charge is -2.34. The first-order chi connectivity index (χ1) is 14.7. The molecule has 0 saturated carbocycles. The molecule has 3 rings (SSSR count). The zero-order valence-corrected chi connectivity index (χ0v) is 20.8. The van der Waals surface area contributed by atoms with E-state index in [4.69, 9.17) is 0 Å². The Morgan fingerprint density at radius 2 is 1.90 bits per heavy atom. The van der Waals surface area contributed by atoms with Crippen LogP contribution in [0, 0.1) is 0 Å². The molecule has 6 nitrogen and oxygen atoms in total. The van der Waals surface area contributed by atoms with Crippen LogP contribution in [0.15, 0.2) is 59.6 Å². The van der Waals surface area contributed by atoms with Crippen molar-refractivity contribution in [2.75, 3.05) is 33.7 Å². The number of likely N-dealkylation sites (tertiary alicyclic amines) is 1. The molecule has 0 aromatic heterocycles.